The van der Waals surface area contributed by atoms with Gasteiger partial charge in [0.25, 0.3) is 0 Å². The van der Waals surface area contributed by atoms with Gasteiger partial charge in [-0.05, 0) is 46.5 Å². The Morgan fingerprint density at radius 3 is 1.95 bits per heavy atom. The molecule has 0 saturated heterocycles. The molecule has 0 aromatic carbocycles. The molecule has 0 radical (unpaired) electrons. The minimum atomic E-state index is -0.801. The minimum absolute atomic E-state index is 0.489. The summed E-state index contributed by atoms with van der Waals surface area (Å²) in [4.78, 5) is 24.1. The highest BCUT2D eigenvalue weighted by molar-refractivity contribution is 5.80. The van der Waals surface area contributed by atoms with Crippen LogP contribution in [0.5, 0.6) is 0 Å². The normalized spacial score (nSPS) is 23.8. The number of carbonyl (C=O) groups excluding carboxylic acids is 1. The van der Waals surface area contributed by atoms with Gasteiger partial charge >= 0.3 is 12.1 Å². The molecule has 2 fully saturated rings. The van der Waals surface area contributed by atoms with Crippen LogP contribution >= 0.6 is 0 Å². The maximum Gasteiger partial charge on any atom is 0.408 e. The minimum Gasteiger partial charge on any atom is -0.481 e. The van der Waals surface area contributed by atoms with E-state index < -0.39 is 28.6 Å². The molecule has 0 atom stereocenters. The zero-order valence-corrected chi connectivity index (χ0v) is 13.3. The van der Waals surface area contributed by atoms with Crippen molar-refractivity contribution in [3.8, 4) is 0 Å². The molecule has 0 spiro atoms. The smallest absolute Gasteiger partial charge is 0.408 e. The number of rotatable bonds is 3. The second kappa shape index (κ2) is 5.50. The molecule has 2 rings (SSSR count). The Balaban J connectivity index is 2.22. The summed E-state index contributed by atoms with van der Waals surface area (Å²) in [6.45, 7) is 5.45. The fourth-order valence-corrected chi connectivity index (χ4v) is 3.80. The highest BCUT2D eigenvalue weighted by atomic mass is 16.6. The highest BCUT2D eigenvalue weighted by Gasteiger charge is 2.60. The van der Waals surface area contributed by atoms with Crippen LogP contribution in [0.2, 0.25) is 0 Å². The predicted octanol–water partition coefficient (Wildman–Crippen LogP) is 3.47. The average molecular weight is 297 g/mol. The maximum absolute atomic E-state index is 12.2. The van der Waals surface area contributed by atoms with Gasteiger partial charge in [-0.1, -0.05) is 25.7 Å². The molecule has 1 amide bonds. The molecular formula is C16H27NO4. The average Bonchev–Trinajstić information content (AvgIpc) is 2.24. The van der Waals surface area contributed by atoms with Crippen LogP contribution in [0.1, 0.15) is 72.1 Å². The molecule has 0 bridgehead atoms. The fourth-order valence-electron chi connectivity index (χ4n) is 3.80. The number of alkyl carbamates (subject to hydrolysis) is 1. The summed E-state index contributed by atoms with van der Waals surface area (Å²) in [6, 6.07) is 0. The first-order valence-corrected chi connectivity index (χ1v) is 7.95. The Morgan fingerprint density at radius 1 is 1.00 bits per heavy atom. The Morgan fingerprint density at radius 2 is 1.57 bits per heavy atom. The van der Waals surface area contributed by atoms with Gasteiger partial charge in [-0.2, -0.15) is 0 Å². The molecule has 0 unspecified atom stereocenters. The number of carbonyl (C=O) groups is 2. The molecule has 2 saturated carbocycles. The molecule has 2 aliphatic carbocycles. The van der Waals surface area contributed by atoms with Crippen LogP contribution in [0.15, 0.2) is 0 Å². The second-order valence-corrected chi connectivity index (χ2v) is 7.51. The lowest BCUT2D eigenvalue weighted by molar-refractivity contribution is -0.165. The van der Waals surface area contributed by atoms with Gasteiger partial charge in [0.05, 0.1) is 11.0 Å². The van der Waals surface area contributed by atoms with Crippen LogP contribution in [0.4, 0.5) is 4.79 Å². The second-order valence-electron chi connectivity index (χ2n) is 7.51. The summed E-state index contributed by atoms with van der Waals surface area (Å²) in [7, 11) is 0. The zero-order valence-electron chi connectivity index (χ0n) is 13.3. The molecule has 0 aliphatic heterocycles. The Kier molecular flexibility index (Phi) is 4.22. The van der Waals surface area contributed by atoms with Crippen molar-refractivity contribution >= 4 is 12.1 Å². The summed E-state index contributed by atoms with van der Waals surface area (Å²) in [5.41, 5.74) is -2.02. The number of nitrogens with one attached hydrogen (secondary N) is 1. The quantitative estimate of drug-likeness (QED) is 0.836. The van der Waals surface area contributed by atoms with Crippen molar-refractivity contribution in [3.63, 3.8) is 0 Å². The summed E-state index contributed by atoms with van der Waals surface area (Å²) >= 11 is 0. The van der Waals surface area contributed by atoms with Crippen molar-refractivity contribution in [2.24, 2.45) is 5.41 Å². The van der Waals surface area contributed by atoms with Crippen LogP contribution in [0.25, 0.3) is 0 Å². The number of amides is 1. The lowest BCUT2D eigenvalue weighted by Crippen LogP contribution is -2.66. The van der Waals surface area contributed by atoms with E-state index in [1.54, 1.807) is 0 Å². The SMILES string of the molecule is CC(C)(C)OC(=O)NC1(C2(C(=O)O)CCC2)CCCCC1. The fraction of sp³-hybridized carbons (Fsp3) is 0.875. The van der Waals surface area contributed by atoms with Crippen molar-refractivity contribution in [1.29, 1.82) is 0 Å². The Hall–Kier alpha value is -1.26. The molecule has 2 aliphatic rings. The summed E-state index contributed by atoms with van der Waals surface area (Å²) in [5, 5.41) is 12.7. The molecule has 0 aromatic heterocycles. The first kappa shape index (κ1) is 16.1. The monoisotopic (exact) mass is 297 g/mol. The number of carboxylic acids is 1. The number of carboxylic acid groups (broad SMARTS) is 1. The third kappa shape index (κ3) is 3.01. The molecule has 5 nitrogen and oxygen atoms in total. The largest absolute Gasteiger partial charge is 0.481 e. The molecule has 5 heteroatoms. The van der Waals surface area contributed by atoms with E-state index in [4.69, 9.17) is 4.74 Å². The molecule has 0 heterocycles. The highest BCUT2D eigenvalue weighted by Crippen LogP contribution is 2.54. The Labute approximate surface area is 126 Å². The van der Waals surface area contributed by atoms with E-state index in [2.05, 4.69) is 5.32 Å². The van der Waals surface area contributed by atoms with Crippen molar-refractivity contribution in [3.05, 3.63) is 0 Å². The molecular weight excluding hydrogens is 270 g/mol. The number of hydrogen-bond donors (Lipinski definition) is 2. The lowest BCUT2D eigenvalue weighted by Gasteiger charge is -2.55. The van der Waals surface area contributed by atoms with E-state index in [0.29, 0.717) is 12.8 Å². The van der Waals surface area contributed by atoms with Crippen LogP contribution in [-0.2, 0) is 9.53 Å². The molecule has 0 aromatic rings. The van der Waals surface area contributed by atoms with Crippen molar-refractivity contribution < 1.29 is 19.4 Å². The third-order valence-electron chi connectivity index (χ3n) is 4.98. The van der Waals surface area contributed by atoms with Gasteiger partial charge in [0.1, 0.15) is 5.60 Å². The van der Waals surface area contributed by atoms with Crippen molar-refractivity contribution in [1.82, 2.24) is 5.32 Å². The Bertz CT molecular complexity index is 414. The first-order valence-electron chi connectivity index (χ1n) is 7.95. The van der Waals surface area contributed by atoms with Crippen molar-refractivity contribution in [2.75, 3.05) is 0 Å². The van der Waals surface area contributed by atoms with Gasteiger partial charge in [-0.15, -0.1) is 0 Å². The first-order chi connectivity index (χ1) is 9.71. The van der Waals surface area contributed by atoms with Gasteiger partial charge in [0.2, 0.25) is 0 Å². The number of aliphatic carboxylic acids is 1. The van der Waals surface area contributed by atoms with E-state index >= 15 is 0 Å². The molecule has 120 valence electrons. The molecule has 21 heavy (non-hydrogen) atoms. The number of hydrogen-bond acceptors (Lipinski definition) is 3. The van der Waals surface area contributed by atoms with E-state index in [1.807, 2.05) is 20.8 Å². The van der Waals surface area contributed by atoms with E-state index in [0.717, 1.165) is 38.5 Å². The lowest BCUT2D eigenvalue weighted by atomic mass is 9.53. The standard InChI is InChI=1S/C16H27NO4/c1-14(2,3)21-13(20)17-16(10-5-4-6-11-16)15(12(18)19)8-7-9-15/h4-11H2,1-3H3,(H,17,20)(H,18,19). The third-order valence-corrected chi connectivity index (χ3v) is 4.98. The zero-order chi connectivity index (χ0) is 15.7. The maximum atomic E-state index is 12.2. The number of ether oxygens (including phenoxy) is 1. The topological polar surface area (TPSA) is 75.6 Å². The van der Waals surface area contributed by atoms with Crippen LogP contribution in [0, 0.1) is 5.41 Å². The summed E-state index contributed by atoms with van der Waals surface area (Å²) < 4.78 is 5.37. The van der Waals surface area contributed by atoms with Gasteiger partial charge < -0.3 is 15.2 Å². The van der Waals surface area contributed by atoms with Crippen molar-refractivity contribution in [2.45, 2.75) is 83.3 Å². The van der Waals surface area contributed by atoms with Gasteiger partial charge in [0.15, 0.2) is 0 Å². The van der Waals surface area contributed by atoms with Crippen LogP contribution < -0.4 is 5.32 Å². The van der Waals surface area contributed by atoms with Crippen LogP contribution in [0.3, 0.4) is 0 Å². The summed E-state index contributed by atoms with van der Waals surface area (Å²) in [6.07, 6.45) is 6.23. The van der Waals surface area contributed by atoms with Gasteiger partial charge in [-0.3, -0.25) is 4.79 Å². The van der Waals surface area contributed by atoms with E-state index in [-0.39, 0.29) is 0 Å². The predicted molar refractivity (Wildman–Crippen MR) is 79.1 cm³/mol. The van der Waals surface area contributed by atoms with E-state index in [1.165, 1.54) is 0 Å². The van der Waals surface area contributed by atoms with Crippen LogP contribution in [-0.4, -0.2) is 28.3 Å². The van der Waals surface area contributed by atoms with Gasteiger partial charge in [-0.25, -0.2) is 4.79 Å². The molecule has 2 N–H and O–H groups in total. The summed E-state index contributed by atoms with van der Waals surface area (Å²) in [5.74, 6) is -0.772. The van der Waals surface area contributed by atoms with Gasteiger partial charge in [0, 0.05) is 0 Å². The van der Waals surface area contributed by atoms with E-state index in [9.17, 15) is 14.7 Å².